The molecule has 3 N–H and O–H groups in total. The van der Waals surface area contributed by atoms with E-state index in [-0.39, 0.29) is 25.7 Å². The minimum absolute atomic E-state index is 0.104. The third-order valence-electron chi connectivity index (χ3n) is 17.6. The van der Waals surface area contributed by atoms with Crippen LogP contribution in [0.1, 0.15) is 400 Å². The van der Waals surface area contributed by atoms with Crippen LogP contribution in [0, 0.1) is 0 Å². The molecule has 0 aliphatic heterocycles. The lowest BCUT2D eigenvalue weighted by atomic mass is 10.0. The van der Waals surface area contributed by atoms with E-state index in [2.05, 4.69) is 27.7 Å². The zero-order valence-corrected chi connectivity index (χ0v) is 62.7. The Balaban J connectivity index is 5.09. The normalized spacial score (nSPS) is 13.9. The number of carbonyl (C=O) groups is 4. The van der Waals surface area contributed by atoms with Crippen molar-refractivity contribution in [3.05, 3.63) is 0 Å². The molecule has 2 unspecified atom stereocenters. The first kappa shape index (κ1) is 92.1. The minimum Gasteiger partial charge on any atom is -0.462 e. The maximum atomic E-state index is 13.1. The highest BCUT2D eigenvalue weighted by Crippen LogP contribution is 2.45. The molecule has 19 heteroatoms. The fourth-order valence-electron chi connectivity index (χ4n) is 11.6. The monoisotopic (exact) mass is 1380 g/mol. The van der Waals surface area contributed by atoms with Crippen LogP contribution >= 0.6 is 15.6 Å². The average molecular weight is 1380 g/mol. The van der Waals surface area contributed by atoms with Gasteiger partial charge in [-0.15, -0.1) is 0 Å². The number of hydrogen-bond acceptors (Lipinski definition) is 15. The van der Waals surface area contributed by atoms with E-state index in [0.29, 0.717) is 25.7 Å². The quantitative estimate of drug-likeness (QED) is 0.0222. The van der Waals surface area contributed by atoms with Crippen LogP contribution in [0.3, 0.4) is 0 Å². The molecule has 0 radical (unpaired) electrons. The Kier molecular flexibility index (Phi) is 68.1. The third-order valence-corrected chi connectivity index (χ3v) is 19.5. The van der Waals surface area contributed by atoms with Crippen molar-refractivity contribution in [2.45, 2.75) is 418 Å². The molecular weight excluding hydrogens is 1230 g/mol. The first-order valence-corrected chi connectivity index (χ1v) is 42.3. The van der Waals surface area contributed by atoms with E-state index in [1.165, 1.54) is 205 Å². The molecule has 0 heterocycles. The van der Waals surface area contributed by atoms with Gasteiger partial charge in [-0.25, -0.2) is 9.13 Å². The molecular formula is C75H146O17P2. The van der Waals surface area contributed by atoms with Crippen LogP contribution in [-0.2, 0) is 65.4 Å². The number of aliphatic hydroxyl groups is 1. The highest BCUT2D eigenvalue weighted by Gasteiger charge is 2.30. The van der Waals surface area contributed by atoms with E-state index in [4.69, 9.17) is 37.0 Å². The molecule has 0 aromatic carbocycles. The molecule has 94 heavy (non-hydrogen) atoms. The molecule has 0 aliphatic carbocycles. The predicted molar refractivity (Wildman–Crippen MR) is 382 cm³/mol. The molecule has 17 nitrogen and oxygen atoms in total. The van der Waals surface area contributed by atoms with Gasteiger partial charge in [-0.3, -0.25) is 37.3 Å². The Hall–Kier alpha value is -1.94. The molecule has 0 rings (SSSR count). The van der Waals surface area contributed by atoms with Gasteiger partial charge < -0.3 is 33.8 Å². The molecule has 0 aliphatic rings. The second-order valence-electron chi connectivity index (χ2n) is 27.0. The zero-order chi connectivity index (χ0) is 69.0. The first-order chi connectivity index (χ1) is 45.7. The van der Waals surface area contributed by atoms with Crippen LogP contribution in [-0.4, -0.2) is 96.7 Å². The van der Waals surface area contributed by atoms with Crippen LogP contribution in [0.15, 0.2) is 0 Å². The van der Waals surface area contributed by atoms with Gasteiger partial charge in [-0.1, -0.05) is 349 Å². The Morgan fingerprint density at radius 2 is 0.426 bits per heavy atom. The summed E-state index contributed by atoms with van der Waals surface area (Å²) in [6.45, 7) is 4.88. The molecule has 0 aromatic heterocycles. The lowest BCUT2D eigenvalue weighted by Crippen LogP contribution is -2.30. The fraction of sp³-hybridized carbons (Fsp3) is 0.947. The van der Waals surface area contributed by atoms with Crippen LogP contribution in [0.4, 0.5) is 0 Å². The average Bonchev–Trinajstić information content (AvgIpc) is 2.81. The van der Waals surface area contributed by atoms with Crippen molar-refractivity contribution in [2.75, 3.05) is 39.6 Å². The largest absolute Gasteiger partial charge is 0.472 e. The summed E-state index contributed by atoms with van der Waals surface area (Å²) in [5.74, 6) is -2.13. The summed E-state index contributed by atoms with van der Waals surface area (Å²) in [6, 6.07) is 0. The first-order valence-electron chi connectivity index (χ1n) is 39.3. The van der Waals surface area contributed by atoms with E-state index in [0.717, 1.165) is 116 Å². The summed E-state index contributed by atoms with van der Waals surface area (Å²) in [5, 5.41) is 10.6. The summed E-state index contributed by atoms with van der Waals surface area (Å²) < 4.78 is 68.2. The number of rotatable bonds is 76. The van der Waals surface area contributed by atoms with Gasteiger partial charge in [0.05, 0.1) is 26.4 Å². The Morgan fingerprint density at radius 3 is 0.628 bits per heavy atom. The third kappa shape index (κ3) is 68.6. The van der Waals surface area contributed by atoms with Crippen molar-refractivity contribution in [3.8, 4) is 0 Å². The molecule has 0 fully saturated rings. The van der Waals surface area contributed by atoms with Crippen LogP contribution in [0.25, 0.3) is 0 Å². The number of phosphoric ester groups is 2. The summed E-state index contributed by atoms with van der Waals surface area (Å²) in [4.78, 5) is 72.4. The maximum Gasteiger partial charge on any atom is 0.472 e. The molecule has 0 bridgehead atoms. The van der Waals surface area contributed by atoms with Gasteiger partial charge in [0.2, 0.25) is 0 Å². The van der Waals surface area contributed by atoms with Gasteiger partial charge in [-0.05, 0) is 25.7 Å². The Bertz CT molecular complexity index is 1790. The maximum absolute atomic E-state index is 13.1. The van der Waals surface area contributed by atoms with Crippen molar-refractivity contribution >= 4 is 39.5 Å². The number of esters is 4. The number of ether oxygens (including phenoxy) is 4. The molecule has 0 saturated carbocycles. The highest BCUT2D eigenvalue weighted by atomic mass is 31.2. The van der Waals surface area contributed by atoms with Gasteiger partial charge in [0.15, 0.2) is 12.2 Å². The summed E-state index contributed by atoms with van der Waals surface area (Å²) >= 11 is 0. The van der Waals surface area contributed by atoms with E-state index in [1.54, 1.807) is 0 Å². The summed E-state index contributed by atoms with van der Waals surface area (Å²) in [5.41, 5.74) is 0. The van der Waals surface area contributed by atoms with E-state index in [9.17, 15) is 43.2 Å². The minimum atomic E-state index is -4.95. The van der Waals surface area contributed by atoms with E-state index in [1.807, 2.05) is 0 Å². The van der Waals surface area contributed by atoms with Gasteiger partial charge in [0.1, 0.15) is 19.3 Å². The van der Waals surface area contributed by atoms with Gasteiger partial charge in [0, 0.05) is 25.7 Å². The molecule has 0 saturated heterocycles. The molecule has 0 amide bonds. The van der Waals surface area contributed by atoms with Crippen molar-refractivity contribution in [1.82, 2.24) is 0 Å². The highest BCUT2D eigenvalue weighted by molar-refractivity contribution is 7.47. The molecule has 0 spiro atoms. The zero-order valence-electron chi connectivity index (χ0n) is 60.9. The second kappa shape index (κ2) is 69.5. The number of aliphatic hydroxyl groups excluding tert-OH is 1. The van der Waals surface area contributed by atoms with Crippen molar-refractivity contribution in [1.29, 1.82) is 0 Å². The Labute approximate surface area is 575 Å². The van der Waals surface area contributed by atoms with Gasteiger partial charge in [0.25, 0.3) is 0 Å². The molecule has 0 aromatic rings. The number of hydrogen-bond donors (Lipinski definition) is 3. The lowest BCUT2D eigenvalue weighted by Gasteiger charge is -2.21. The van der Waals surface area contributed by atoms with E-state index < -0.39 is 97.5 Å². The number of unbranched alkanes of at least 4 members (excludes halogenated alkanes) is 50. The van der Waals surface area contributed by atoms with Crippen molar-refractivity contribution < 1.29 is 80.2 Å². The molecule has 5 atom stereocenters. The van der Waals surface area contributed by atoms with Crippen LogP contribution < -0.4 is 0 Å². The summed E-state index contributed by atoms with van der Waals surface area (Å²) in [7, 11) is -9.89. The van der Waals surface area contributed by atoms with Gasteiger partial charge in [-0.2, -0.15) is 0 Å². The topological polar surface area (TPSA) is 237 Å². The second-order valence-corrected chi connectivity index (χ2v) is 29.9. The smallest absolute Gasteiger partial charge is 0.462 e. The van der Waals surface area contributed by atoms with Crippen molar-refractivity contribution in [3.63, 3.8) is 0 Å². The van der Waals surface area contributed by atoms with Crippen LogP contribution in [0.5, 0.6) is 0 Å². The number of phosphoric acid groups is 2. The van der Waals surface area contributed by atoms with E-state index >= 15 is 0 Å². The summed E-state index contributed by atoms with van der Waals surface area (Å²) in [6.07, 6.45) is 60.3. The SMILES string of the molecule is CCCCCCCCCCCCCCCCCCCCCCCCC(=O)O[C@H](COC(=O)CCCCCCCCCCCCCCCCCCCC)COP(=O)(O)OC[C@@H](O)COP(=O)(O)OC[C@@H](COC(=O)CCCCCCCCC)OC(=O)CCCCCCCCC. The standard InChI is InChI=1S/C75H146O17P2/c1-5-9-13-17-21-23-25-27-29-31-33-34-35-36-38-40-42-44-46-50-54-58-62-75(80)92-71(66-86-73(78)60-56-52-49-45-43-41-39-37-32-30-28-26-24-22-18-14-10-6-2)68-90-94(83,84)88-64-69(76)63-87-93(81,82)89-67-70(91-74(79)61-57-53-48-20-16-12-8-4)65-85-72(77)59-55-51-47-19-15-11-7-3/h69-71,76H,5-68H2,1-4H3,(H,81,82)(H,83,84)/t69-,70+,71+/m0/s1. The fourth-order valence-corrected chi connectivity index (χ4v) is 13.2. The lowest BCUT2D eigenvalue weighted by molar-refractivity contribution is -0.161. The number of carbonyl (C=O) groups excluding carboxylic acids is 4. The van der Waals surface area contributed by atoms with Crippen LogP contribution in [0.2, 0.25) is 0 Å². The van der Waals surface area contributed by atoms with Crippen molar-refractivity contribution in [2.24, 2.45) is 0 Å². The Morgan fingerprint density at radius 1 is 0.255 bits per heavy atom. The predicted octanol–water partition coefficient (Wildman–Crippen LogP) is 22.2. The van der Waals surface area contributed by atoms with Gasteiger partial charge >= 0.3 is 39.5 Å². The molecule has 558 valence electrons.